The molecule has 3 nitrogen and oxygen atoms in total. The summed E-state index contributed by atoms with van der Waals surface area (Å²) in [6.45, 7) is 5.81. The van der Waals surface area contributed by atoms with Crippen LogP contribution in [0.3, 0.4) is 0 Å². The average molecular weight is 198 g/mol. The minimum absolute atomic E-state index is 0.339. The standard InChI is InChI=1S/C11H22N2O/c1-4-8-13-11(5-2,10-12)7-6-9-14-3/h13H,4-9H2,1-3H3. The van der Waals surface area contributed by atoms with Crippen LogP contribution in [0.15, 0.2) is 0 Å². The summed E-state index contributed by atoms with van der Waals surface area (Å²) < 4.78 is 4.99. The van der Waals surface area contributed by atoms with Crippen molar-refractivity contribution >= 4 is 0 Å². The third-order valence-electron chi connectivity index (χ3n) is 2.48. The van der Waals surface area contributed by atoms with E-state index in [1.165, 1.54) is 0 Å². The molecule has 0 saturated heterocycles. The van der Waals surface area contributed by atoms with E-state index in [1.54, 1.807) is 7.11 Å². The van der Waals surface area contributed by atoms with Crippen molar-refractivity contribution < 1.29 is 4.74 Å². The fraction of sp³-hybridized carbons (Fsp3) is 0.909. The molecule has 0 aliphatic carbocycles. The molecule has 0 spiro atoms. The van der Waals surface area contributed by atoms with Crippen molar-refractivity contribution in [2.75, 3.05) is 20.3 Å². The molecule has 1 atom stereocenters. The number of hydrogen-bond donors (Lipinski definition) is 1. The van der Waals surface area contributed by atoms with E-state index in [0.717, 1.165) is 38.8 Å². The van der Waals surface area contributed by atoms with Gasteiger partial charge in [-0.1, -0.05) is 13.8 Å². The Morgan fingerprint density at radius 3 is 2.57 bits per heavy atom. The predicted molar refractivity (Wildman–Crippen MR) is 58.0 cm³/mol. The van der Waals surface area contributed by atoms with Crippen molar-refractivity contribution in [3.8, 4) is 6.07 Å². The van der Waals surface area contributed by atoms with E-state index in [9.17, 15) is 0 Å². The first kappa shape index (κ1) is 13.4. The summed E-state index contributed by atoms with van der Waals surface area (Å²) in [6.07, 6.45) is 3.73. The van der Waals surface area contributed by atoms with Gasteiger partial charge < -0.3 is 4.74 Å². The van der Waals surface area contributed by atoms with Gasteiger partial charge in [-0.05, 0) is 32.2 Å². The number of nitriles is 1. The van der Waals surface area contributed by atoms with E-state index in [4.69, 9.17) is 10.00 Å². The Kier molecular flexibility index (Phi) is 7.45. The van der Waals surface area contributed by atoms with E-state index in [0.29, 0.717) is 0 Å². The summed E-state index contributed by atoms with van der Waals surface area (Å²) in [4.78, 5) is 0. The van der Waals surface area contributed by atoms with Gasteiger partial charge in [0.05, 0.1) is 6.07 Å². The van der Waals surface area contributed by atoms with Crippen LogP contribution >= 0.6 is 0 Å². The maximum absolute atomic E-state index is 9.15. The van der Waals surface area contributed by atoms with Crippen molar-refractivity contribution in [3.63, 3.8) is 0 Å². The smallest absolute Gasteiger partial charge is 0.106 e. The molecule has 82 valence electrons. The summed E-state index contributed by atoms with van der Waals surface area (Å²) in [5.41, 5.74) is -0.339. The zero-order valence-electron chi connectivity index (χ0n) is 9.60. The van der Waals surface area contributed by atoms with E-state index >= 15 is 0 Å². The van der Waals surface area contributed by atoms with Crippen molar-refractivity contribution in [2.24, 2.45) is 0 Å². The van der Waals surface area contributed by atoms with Gasteiger partial charge >= 0.3 is 0 Å². The molecule has 0 aromatic carbocycles. The molecule has 0 aliphatic rings. The number of nitrogens with one attached hydrogen (secondary N) is 1. The molecular formula is C11H22N2O. The van der Waals surface area contributed by atoms with Gasteiger partial charge in [-0.3, -0.25) is 5.32 Å². The lowest BCUT2D eigenvalue weighted by molar-refractivity contribution is 0.183. The van der Waals surface area contributed by atoms with Crippen LogP contribution in [0, 0.1) is 11.3 Å². The van der Waals surface area contributed by atoms with Crippen molar-refractivity contribution in [1.82, 2.24) is 5.32 Å². The van der Waals surface area contributed by atoms with Crippen molar-refractivity contribution in [3.05, 3.63) is 0 Å². The van der Waals surface area contributed by atoms with Gasteiger partial charge in [0.1, 0.15) is 5.54 Å². The number of ether oxygens (including phenoxy) is 1. The van der Waals surface area contributed by atoms with Gasteiger partial charge in [0.2, 0.25) is 0 Å². The first-order chi connectivity index (χ1) is 6.74. The second-order valence-corrected chi connectivity index (χ2v) is 3.57. The fourth-order valence-electron chi connectivity index (χ4n) is 1.45. The average Bonchev–Trinajstić information content (AvgIpc) is 2.24. The van der Waals surface area contributed by atoms with E-state index in [-0.39, 0.29) is 5.54 Å². The van der Waals surface area contributed by atoms with Crippen LogP contribution in [0.4, 0.5) is 0 Å². The van der Waals surface area contributed by atoms with Gasteiger partial charge in [0.25, 0.3) is 0 Å². The third kappa shape index (κ3) is 4.59. The van der Waals surface area contributed by atoms with Gasteiger partial charge in [-0.25, -0.2) is 0 Å². The monoisotopic (exact) mass is 198 g/mol. The molecule has 0 rings (SSSR count). The van der Waals surface area contributed by atoms with Gasteiger partial charge in [0.15, 0.2) is 0 Å². The number of hydrogen-bond acceptors (Lipinski definition) is 3. The molecular weight excluding hydrogens is 176 g/mol. The lowest BCUT2D eigenvalue weighted by Gasteiger charge is -2.26. The SMILES string of the molecule is CCCNC(C#N)(CC)CCCOC. The van der Waals surface area contributed by atoms with Gasteiger partial charge in [-0.15, -0.1) is 0 Å². The summed E-state index contributed by atoms with van der Waals surface area (Å²) in [6, 6.07) is 2.39. The van der Waals surface area contributed by atoms with Crippen LogP contribution < -0.4 is 5.32 Å². The van der Waals surface area contributed by atoms with E-state index in [2.05, 4.69) is 25.2 Å². The third-order valence-corrected chi connectivity index (χ3v) is 2.48. The Labute approximate surface area is 87.4 Å². The molecule has 14 heavy (non-hydrogen) atoms. The second kappa shape index (κ2) is 7.78. The molecule has 0 radical (unpaired) electrons. The van der Waals surface area contributed by atoms with Crippen LogP contribution in [0.1, 0.15) is 39.5 Å². The molecule has 0 aromatic rings. The quantitative estimate of drug-likeness (QED) is 0.607. The molecule has 0 fully saturated rings. The zero-order valence-corrected chi connectivity index (χ0v) is 9.60. The van der Waals surface area contributed by atoms with Crippen LogP contribution in [0.25, 0.3) is 0 Å². The van der Waals surface area contributed by atoms with Gasteiger partial charge in [0, 0.05) is 13.7 Å². The highest BCUT2D eigenvalue weighted by Crippen LogP contribution is 2.16. The molecule has 3 heteroatoms. The minimum atomic E-state index is -0.339. The normalized spacial score (nSPS) is 14.7. The lowest BCUT2D eigenvalue weighted by Crippen LogP contribution is -2.43. The molecule has 0 amide bonds. The number of rotatable bonds is 8. The highest BCUT2D eigenvalue weighted by Gasteiger charge is 2.25. The van der Waals surface area contributed by atoms with E-state index < -0.39 is 0 Å². The molecule has 0 aromatic heterocycles. The van der Waals surface area contributed by atoms with Crippen molar-refractivity contribution in [2.45, 2.75) is 45.1 Å². The summed E-state index contributed by atoms with van der Waals surface area (Å²) in [5.74, 6) is 0. The second-order valence-electron chi connectivity index (χ2n) is 3.57. The first-order valence-electron chi connectivity index (χ1n) is 5.40. The van der Waals surface area contributed by atoms with Crippen LogP contribution in [0.5, 0.6) is 0 Å². The summed E-state index contributed by atoms with van der Waals surface area (Å²) in [5, 5.41) is 12.5. The topological polar surface area (TPSA) is 45.0 Å². The summed E-state index contributed by atoms with van der Waals surface area (Å²) >= 11 is 0. The Morgan fingerprint density at radius 2 is 2.14 bits per heavy atom. The van der Waals surface area contributed by atoms with Crippen LogP contribution in [-0.4, -0.2) is 25.8 Å². The minimum Gasteiger partial charge on any atom is -0.385 e. The fourth-order valence-corrected chi connectivity index (χ4v) is 1.45. The molecule has 1 N–H and O–H groups in total. The summed E-state index contributed by atoms with van der Waals surface area (Å²) in [7, 11) is 1.69. The lowest BCUT2D eigenvalue weighted by atomic mass is 9.92. The molecule has 0 heterocycles. The molecule has 0 saturated carbocycles. The zero-order chi connectivity index (χ0) is 10.9. The Morgan fingerprint density at radius 1 is 1.43 bits per heavy atom. The largest absolute Gasteiger partial charge is 0.385 e. The predicted octanol–water partition coefficient (Wildman–Crippen LogP) is 2.08. The van der Waals surface area contributed by atoms with Gasteiger partial charge in [-0.2, -0.15) is 5.26 Å². The molecule has 0 bridgehead atoms. The maximum atomic E-state index is 9.15. The van der Waals surface area contributed by atoms with Crippen molar-refractivity contribution in [1.29, 1.82) is 5.26 Å². The van der Waals surface area contributed by atoms with Crippen LogP contribution in [0.2, 0.25) is 0 Å². The maximum Gasteiger partial charge on any atom is 0.106 e. The number of nitrogens with zero attached hydrogens (tertiary/aromatic N) is 1. The Hall–Kier alpha value is -0.590. The molecule has 1 unspecified atom stereocenters. The molecule has 0 aliphatic heterocycles. The Bertz CT molecular complexity index is 177. The highest BCUT2D eigenvalue weighted by molar-refractivity contribution is 5.05. The Balaban J connectivity index is 4.03. The van der Waals surface area contributed by atoms with E-state index in [1.807, 2.05) is 0 Å². The number of methoxy groups -OCH3 is 1. The van der Waals surface area contributed by atoms with Crippen LogP contribution in [-0.2, 0) is 4.74 Å². The first-order valence-corrected chi connectivity index (χ1v) is 5.40. The highest BCUT2D eigenvalue weighted by atomic mass is 16.5.